The summed E-state index contributed by atoms with van der Waals surface area (Å²) in [6, 6.07) is 0. The summed E-state index contributed by atoms with van der Waals surface area (Å²) in [5.74, 6) is 0.542. The second-order valence-corrected chi connectivity index (χ2v) is 5.85. The summed E-state index contributed by atoms with van der Waals surface area (Å²) in [6.45, 7) is 1.95. The van der Waals surface area contributed by atoms with Gasteiger partial charge in [0.1, 0.15) is 0 Å². The molecule has 2 heterocycles. The number of halogens is 1. The SMILES string of the molecule is Cc1csc(Sc2nc(Cl)nc(N(C)C)n2)n1. The fraction of sp³-hybridized carbons (Fsp3) is 0.333. The van der Waals surface area contributed by atoms with Gasteiger partial charge in [-0.2, -0.15) is 15.0 Å². The molecule has 8 heteroatoms. The Bertz CT molecular complexity index is 528. The lowest BCUT2D eigenvalue weighted by Crippen LogP contribution is -2.13. The Kier molecular flexibility index (Phi) is 3.80. The predicted octanol–water partition coefficient (Wildman–Crippen LogP) is 2.51. The van der Waals surface area contributed by atoms with Gasteiger partial charge in [0.2, 0.25) is 16.4 Å². The van der Waals surface area contributed by atoms with E-state index < -0.39 is 0 Å². The molecule has 0 aliphatic rings. The van der Waals surface area contributed by atoms with E-state index in [0.29, 0.717) is 11.1 Å². The molecule has 0 saturated carbocycles. The monoisotopic (exact) mass is 287 g/mol. The quantitative estimate of drug-likeness (QED) is 0.864. The molecule has 0 spiro atoms. The molecule has 0 aliphatic carbocycles. The molecule has 17 heavy (non-hydrogen) atoms. The lowest BCUT2D eigenvalue weighted by atomic mass is 10.6. The van der Waals surface area contributed by atoms with Crippen molar-refractivity contribution in [2.45, 2.75) is 16.4 Å². The number of thiazole rings is 1. The van der Waals surface area contributed by atoms with E-state index >= 15 is 0 Å². The van der Waals surface area contributed by atoms with Crippen molar-refractivity contribution in [3.63, 3.8) is 0 Å². The third kappa shape index (κ3) is 3.27. The summed E-state index contributed by atoms with van der Waals surface area (Å²) in [5.41, 5.74) is 0.991. The zero-order valence-electron chi connectivity index (χ0n) is 9.51. The van der Waals surface area contributed by atoms with Gasteiger partial charge in [0, 0.05) is 25.2 Å². The molecule has 0 bridgehead atoms. The summed E-state index contributed by atoms with van der Waals surface area (Å²) < 4.78 is 0.898. The lowest BCUT2D eigenvalue weighted by molar-refractivity contribution is 0.865. The first kappa shape index (κ1) is 12.5. The number of anilines is 1. The van der Waals surface area contributed by atoms with Gasteiger partial charge in [0.15, 0.2) is 4.34 Å². The summed E-state index contributed by atoms with van der Waals surface area (Å²) in [7, 11) is 3.71. The largest absolute Gasteiger partial charge is 0.347 e. The van der Waals surface area contributed by atoms with Gasteiger partial charge in [-0.05, 0) is 30.3 Å². The maximum Gasteiger partial charge on any atom is 0.230 e. The van der Waals surface area contributed by atoms with Crippen LogP contribution in [0.3, 0.4) is 0 Å². The maximum atomic E-state index is 5.85. The molecule has 0 aromatic carbocycles. The number of rotatable bonds is 3. The Hall–Kier alpha value is -0.920. The van der Waals surface area contributed by atoms with E-state index in [1.54, 1.807) is 16.2 Å². The van der Waals surface area contributed by atoms with Crippen LogP contribution < -0.4 is 4.90 Å². The van der Waals surface area contributed by atoms with Crippen LogP contribution in [0.15, 0.2) is 14.9 Å². The van der Waals surface area contributed by atoms with Crippen LogP contribution in [0.25, 0.3) is 0 Å². The second-order valence-electron chi connectivity index (χ2n) is 3.44. The number of aromatic nitrogens is 4. The topological polar surface area (TPSA) is 54.8 Å². The molecule has 0 radical (unpaired) electrons. The molecule has 0 unspecified atom stereocenters. The molecule has 0 aliphatic heterocycles. The maximum absolute atomic E-state index is 5.85. The van der Waals surface area contributed by atoms with Crippen LogP contribution in [0, 0.1) is 6.92 Å². The van der Waals surface area contributed by atoms with E-state index in [0.717, 1.165) is 10.0 Å². The van der Waals surface area contributed by atoms with Crippen molar-refractivity contribution in [2.75, 3.05) is 19.0 Å². The predicted molar refractivity (Wildman–Crippen MR) is 70.1 cm³/mol. The fourth-order valence-electron chi connectivity index (χ4n) is 1.02. The van der Waals surface area contributed by atoms with Crippen LogP contribution in [0.1, 0.15) is 5.69 Å². The Morgan fingerprint density at radius 3 is 2.59 bits per heavy atom. The molecular weight excluding hydrogens is 278 g/mol. The smallest absolute Gasteiger partial charge is 0.230 e. The van der Waals surface area contributed by atoms with Gasteiger partial charge in [-0.25, -0.2) is 4.98 Å². The van der Waals surface area contributed by atoms with Crippen LogP contribution in [0.4, 0.5) is 5.95 Å². The van der Waals surface area contributed by atoms with Crippen molar-refractivity contribution in [1.29, 1.82) is 0 Å². The molecule has 0 atom stereocenters. The third-order valence-electron chi connectivity index (χ3n) is 1.75. The molecule has 2 aromatic rings. The van der Waals surface area contributed by atoms with Crippen LogP contribution in [0.5, 0.6) is 0 Å². The molecule has 2 aromatic heterocycles. The van der Waals surface area contributed by atoms with Gasteiger partial charge in [0.25, 0.3) is 0 Å². The Morgan fingerprint density at radius 2 is 2.00 bits per heavy atom. The number of hydrogen-bond acceptors (Lipinski definition) is 7. The van der Waals surface area contributed by atoms with Crippen molar-refractivity contribution in [3.8, 4) is 0 Å². The highest BCUT2D eigenvalue weighted by Gasteiger charge is 2.09. The zero-order valence-corrected chi connectivity index (χ0v) is 11.9. The van der Waals surface area contributed by atoms with E-state index in [1.807, 2.05) is 26.4 Å². The second kappa shape index (κ2) is 5.16. The summed E-state index contributed by atoms with van der Waals surface area (Å²) in [5, 5.41) is 2.74. The van der Waals surface area contributed by atoms with Gasteiger partial charge < -0.3 is 4.90 Å². The van der Waals surface area contributed by atoms with Gasteiger partial charge in [-0.3, -0.25) is 0 Å². The Balaban J connectivity index is 2.26. The van der Waals surface area contributed by atoms with Crippen LogP contribution in [0.2, 0.25) is 5.28 Å². The first-order valence-corrected chi connectivity index (χ1v) is 6.81. The standard InChI is InChI=1S/C9H10ClN5S2/c1-5-4-16-9(11-5)17-8-13-6(10)12-7(14-8)15(2)3/h4H,1-3H3. The van der Waals surface area contributed by atoms with Gasteiger partial charge in [-0.1, -0.05) is 0 Å². The van der Waals surface area contributed by atoms with E-state index in [-0.39, 0.29) is 5.28 Å². The van der Waals surface area contributed by atoms with Crippen LogP contribution in [-0.4, -0.2) is 34.0 Å². The van der Waals surface area contributed by atoms with Gasteiger partial charge in [-0.15, -0.1) is 11.3 Å². The Morgan fingerprint density at radius 1 is 1.24 bits per heavy atom. The molecule has 5 nitrogen and oxygen atoms in total. The molecule has 90 valence electrons. The van der Waals surface area contributed by atoms with Crippen LogP contribution in [-0.2, 0) is 0 Å². The first-order valence-electron chi connectivity index (χ1n) is 4.73. The van der Waals surface area contributed by atoms with E-state index in [9.17, 15) is 0 Å². The summed E-state index contributed by atoms with van der Waals surface area (Å²) >= 11 is 8.79. The normalized spacial score (nSPS) is 10.6. The number of hydrogen-bond donors (Lipinski definition) is 0. The van der Waals surface area contributed by atoms with Crippen molar-refractivity contribution in [1.82, 2.24) is 19.9 Å². The molecule has 0 N–H and O–H groups in total. The third-order valence-corrected chi connectivity index (χ3v) is 3.84. The van der Waals surface area contributed by atoms with Crippen molar-refractivity contribution >= 4 is 40.6 Å². The average molecular weight is 288 g/mol. The fourth-order valence-corrected chi connectivity index (χ4v) is 2.92. The number of nitrogens with zero attached hydrogens (tertiary/aromatic N) is 5. The molecule has 0 fully saturated rings. The summed E-state index contributed by atoms with van der Waals surface area (Å²) in [6.07, 6.45) is 0. The van der Waals surface area contributed by atoms with Gasteiger partial charge in [0.05, 0.1) is 0 Å². The van der Waals surface area contributed by atoms with Crippen molar-refractivity contribution in [3.05, 3.63) is 16.4 Å². The highest BCUT2D eigenvalue weighted by molar-refractivity contribution is 8.00. The van der Waals surface area contributed by atoms with E-state index in [1.165, 1.54) is 11.8 Å². The lowest BCUT2D eigenvalue weighted by Gasteiger charge is -2.09. The highest BCUT2D eigenvalue weighted by atomic mass is 35.5. The minimum atomic E-state index is 0.194. The van der Waals surface area contributed by atoms with E-state index in [4.69, 9.17) is 11.6 Å². The zero-order chi connectivity index (χ0) is 12.4. The van der Waals surface area contributed by atoms with Crippen molar-refractivity contribution < 1.29 is 0 Å². The minimum absolute atomic E-state index is 0.194. The van der Waals surface area contributed by atoms with Crippen LogP contribution >= 0.6 is 34.7 Å². The van der Waals surface area contributed by atoms with Gasteiger partial charge >= 0.3 is 0 Å². The molecule has 0 saturated heterocycles. The average Bonchev–Trinajstić information content (AvgIpc) is 2.63. The van der Waals surface area contributed by atoms with Crippen molar-refractivity contribution in [2.24, 2.45) is 0 Å². The first-order chi connectivity index (χ1) is 8.04. The Labute approximate surface area is 112 Å². The molecule has 0 amide bonds. The molecule has 2 rings (SSSR count). The number of aryl methyl sites for hydroxylation is 1. The highest BCUT2D eigenvalue weighted by Crippen LogP contribution is 2.28. The summed E-state index contributed by atoms with van der Waals surface area (Å²) in [4.78, 5) is 18.5. The van der Waals surface area contributed by atoms with E-state index in [2.05, 4.69) is 19.9 Å². The minimum Gasteiger partial charge on any atom is -0.347 e. The molecular formula is C9H10ClN5S2.